The lowest BCUT2D eigenvalue weighted by Gasteiger charge is -2.41. The molecule has 0 heterocycles. The molecule has 0 saturated heterocycles. The number of rotatable bonds is 15. The summed E-state index contributed by atoms with van der Waals surface area (Å²) in [5.74, 6) is -0.922. The van der Waals surface area contributed by atoms with Crippen LogP contribution in [-0.4, -0.2) is 38.0 Å². The predicted molar refractivity (Wildman–Crippen MR) is 130 cm³/mol. The van der Waals surface area contributed by atoms with Gasteiger partial charge in [-0.15, -0.1) is 0 Å². The van der Waals surface area contributed by atoms with E-state index in [9.17, 15) is 4.39 Å². The van der Waals surface area contributed by atoms with Crippen LogP contribution in [0.4, 0.5) is 8.78 Å². The molecule has 4 nitrogen and oxygen atoms in total. The predicted octanol–water partition coefficient (Wildman–Crippen LogP) is 6.94. The van der Waals surface area contributed by atoms with Crippen molar-refractivity contribution in [1.29, 1.82) is 0 Å². The topological polar surface area (TPSA) is 27.7 Å². The first-order valence-electron chi connectivity index (χ1n) is 12.3. The number of hydrogen-bond acceptors (Lipinski definition) is 3. The summed E-state index contributed by atoms with van der Waals surface area (Å²) < 4.78 is 47.8. The van der Waals surface area contributed by atoms with E-state index < -0.39 is 19.0 Å². The van der Waals surface area contributed by atoms with Crippen molar-refractivity contribution in [3.63, 3.8) is 0 Å². The van der Waals surface area contributed by atoms with E-state index >= 15 is 4.39 Å². The zero-order valence-electron chi connectivity index (χ0n) is 20.8. The molecular formula is C26H39BF2NO3+. The molecule has 0 aliphatic carbocycles. The molecule has 0 saturated carbocycles. The minimum Gasteiger partial charge on any atom is -0.498 e. The number of unbranched alkanes of at least 4 members (excludes halogenated alkanes) is 3. The van der Waals surface area contributed by atoms with Crippen LogP contribution in [0, 0.1) is 11.6 Å². The maximum absolute atomic E-state index is 15.6. The fourth-order valence-electron chi connectivity index (χ4n) is 4.28. The molecule has 0 aromatic heterocycles. The summed E-state index contributed by atoms with van der Waals surface area (Å²) in [7, 11) is -1.26. The average molecular weight is 462 g/mol. The van der Waals surface area contributed by atoms with Gasteiger partial charge in [-0.25, -0.2) is 8.78 Å². The molecule has 0 fully saturated rings. The highest BCUT2D eigenvalue weighted by Crippen LogP contribution is 2.33. The Hall–Kier alpha value is -2.12. The van der Waals surface area contributed by atoms with Gasteiger partial charge in [0.15, 0.2) is 11.6 Å². The molecule has 0 aliphatic rings. The van der Waals surface area contributed by atoms with E-state index in [-0.39, 0.29) is 17.5 Å². The van der Waals surface area contributed by atoms with Crippen molar-refractivity contribution < 1.29 is 27.2 Å². The number of nitrogens with zero attached hydrogens (tertiary/aromatic N) is 1. The van der Waals surface area contributed by atoms with Crippen molar-refractivity contribution in [3.05, 3.63) is 59.7 Å². The normalized spacial score (nSPS) is 12.5. The molecule has 182 valence electrons. The van der Waals surface area contributed by atoms with Gasteiger partial charge in [0.05, 0.1) is 19.6 Å². The third kappa shape index (κ3) is 7.18. The van der Waals surface area contributed by atoms with Crippen LogP contribution in [0.15, 0.2) is 42.5 Å². The van der Waals surface area contributed by atoms with Gasteiger partial charge in [-0.3, -0.25) is 0 Å². The summed E-state index contributed by atoms with van der Waals surface area (Å²) >= 11 is 0. The van der Waals surface area contributed by atoms with Crippen LogP contribution < -0.4 is 9.31 Å². The highest BCUT2D eigenvalue weighted by atomic mass is 19.1. The van der Waals surface area contributed by atoms with E-state index in [0.29, 0.717) is 12.2 Å². The summed E-state index contributed by atoms with van der Waals surface area (Å²) in [5, 5.41) is 0. The quantitative estimate of drug-likeness (QED) is 0.163. The first-order valence-corrected chi connectivity index (χ1v) is 12.3. The van der Waals surface area contributed by atoms with Crippen molar-refractivity contribution >= 4 is 7.32 Å². The van der Waals surface area contributed by atoms with Gasteiger partial charge in [0.25, 0.3) is 0 Å². The summed E-state index contributed by atoms with van der Waals surface area (Å²) in [5.41, 5.74) is 0.589. The molecule has 0 aliphatic heterocycles. The summed E-state index contributed by atoms with van der Waals surface area (Å²) in [4.78, 5) is 0. The monoisotopic (exact) mass is 462 g/mol. The lowest BCUT2D eigenvalue weighted by molar-refractivity contribution is -0.950. The number of quaternary nitrogens is 1. The number of benzene rings is 2. The zero-order chi connectivity index (χ0) is 24.3. The molecular weight excluding hydrogens is 423 g/mol. The summed E-state index contributed by atoms with van der Waals surface area (Å²) in [6.45, 7) is 13.7. The molecule has 0 radical (unpaired) electrons. The maximum Gasteiger partial charge on any atom is 0.788 e. The van der Waals surface area contributed by atoms with E-state index in [4.69, 9.17) is 14.0 Å². The van der Waals surface area contributed by atoms with Crippen LogP contribution >= 0.6 is 0 Å². The molecule has 0 amide bonds. The van der Waals surface area contributed by atoms with Gasteiger partial charge in [0, 0.05) is 12.2 Å². The van der Waals surface area contributed by atoms with Gasteiger partial charge < -0.3 is 18.4 Å². The second-order valence-electron chi connectivity index (χ2n) is 8.39. The van der Waals surface area contributed by atoms with E-state index in [1.165, 1.54) is 12.1 Å². The fraction of sp³-hybridized carbons (Fsp3) is 0.538. The van der Waals surface area contributed by atoms with E-state index in [1.807, 2.05) is 0 Å². The van der Waals surface area contributed by atoms with Gasteiger partial charge in [0.2, 0.25) is 0 Å². The molecule has 0 spiro atoms. The maximum atomic E-state index is 15.6. The van der Waals surface area contributed by atoms with Crippen molar-refractivity contribution in [2.75, 3.05) is 26.2 Å². The third-order valence-corrected chi connectivity index (χ3v) is 6.69. The van der Waals surface area contributed by atoms with Gasteiger partial charge in [-0.2, -0.15) is 0 Å². The van der Waals surface area contributed by atoms with Gasteiger partial charge in [-0.1, -0.05) is 44.4 Å². The van der Waals surface area contributed by atoms with Crippen molar-refractivity contribution in [2.45, 2.75) is 66.3 Å². The van der Waals surface area contributed by atoms with E-state index in [1.54, 1.807) is 30.3 Å². The van der Waals surface area contributed by atoms with Crippen molar-refractivity contribution in [2.24, 2.45) is 0 Å². The lowest BCUT2D eigenvalue weighted by Crippen LogP contribution is -2.49. The largest absolute Gasteiger partial charge is 0.788 e. The SMILES string of the molecule is CCCCCCOB(Oc1ccccc1F)Oc1cccc(C(C)[N+](CC)(CC)CC)c1F. The van der Waals surface area contributed by atoms with E-state index in [0.717, 1.165) is 49.8 Å². The van der Waals surface area contributed by atoms with Gasteiger partial charge in [-0.05, 0) is 58.4 Å². The minimum atomic E-state index is -1.26. The summed E-state index contributed by atoms with van der Waals surface area (Å²) in [6.07, 6.45) is 4.03. The Morgan fingerprint density at radius 2 is 1.45 bits per heavy atom. The van der Waals surface area contributed by atoms with Crippen LogP contribution in [0.5, 0.6) is 11.5 Å². The second kappa shape index (κ2) is 13.6. The van der Waals surface area contributed by atoms with Crippen LogP contribution in [0.1, 0.15) is 71.9 Å². The molecule has 0 N–H and O–H groups in total. The number of hydrogen-bond donors (Lipinski definition) is 0. The Balaban J connectivity index is 2.25. The summed E-state index contributed by atoms with van der Waals surface area (Å²) in [6, 6.07) is 11.1. The zero-order valence-corrected chi connectivity index (χ0v) is 20.8. The molecule has 2 rings (SSSR count). The first-order chi connectivity index (χ1) is 15.9. The number of para-hydroxylation sites is 1. The Morgan fingerprint density at radius 3 is 2.09 bits per heavy atom. The highest BCUT2D eigenvalue weighted by Gasteiger charge is 2.34. The van der Waals surface area contributed by atoms with Crippen LogP contribution in [-0.2, 0) is 4.65 Å². The van der Waals surface area contributed by atoms with Crippen molar-refractivity contribution in [3.8, 4) is 11.5 Å². The lowest BCUT2D eigenvalue weighted by atomic mass is 10.0. The molecule has 33 heavy (non-hydrogen) atoms. The van der Waals surface area contributed by atoms with Crippen LogP contribution in [0.2, 0.25) is 0 Å². The third-order valence-electron chi connectivity index (χ3n) is 6.69. The van der Waals surface area contributed by atoms with Crippen molar-refractivity contribution in [1.82, 2.24) is 0 Å². The van der Waals surface area contributed by atoms with Crippen LogP contribution in [0.25, 0.3) is 0 Å². The standard InChI is InChI=1S/C26H39BF2NO3/c1-6-10-11-14-20-31-27(32-24-18-13-12-17-23(24)28)33-25-19-15-16-22(26(25)29)21(5)30(7-2,8-3)9-4/h12-13,15-19,21H,6-11,14,20H2,1-5H3/q+1. The Kier molecular flexibility index (Phi) is 11.1. The highest BCUT2D eigenvalue weighted by molar-refractivity contribution is 6.38. The second-order valence-corrected chi connectivity index (χ2v) is 8.39. The molecule has 2 aromatic rings. The Morgan fingerprint density at radius 1 is 0.818 bits per heavy atom. The van der Waals surface area contributed by atoms with E-state index in [2.05, 4.69) is 34.6 Å². The minimum absolute atomic E-state index is 0.000350. The van der Waals surface area contributed by atoms with Crippen LogP contribution in [0.3, 0.4) is 0 Å². The molecule has 1 unspecified atom stereocenters. The van der Waals surface area contributed by atoms with Gasteiger partial charge >= 0.3 is 7.32 Å². The molecule has 1 atom stereocenters. The molecule has 2 aromatic carbocycles. The Labute approximate surface area is 198 Å². The smallest absolute Gasteiger partial charge is 0.498 e. The molecule has 0 bridgehead atoms. The Bertz CT molecular complexity index is 840. The fourth-order valence-corrected chi connectivity index (χ4v) is 4.28. The first kappa shape index (κ1) is 27.1. The van der Waals surface area contributed by atoms with Gasteiger partial charge in [0.1, 0.15) is 17.5 Å². The number of halogens is 2. The average Bonchev–Trinajstić information content (AvgIpc) is 2.83. The molecule has 7 heteroatoms.